The third-order valence-corrected chi connectivity index (χ3v) is 5.22. The van der Waals surface area contributed by atoms with Crippen molar-refractivity contribution in [3.05, 3.63) is 41.8 Å². The van der Waals surface area contributed by atoms with Gasteiger partial charge in [0.2, 0.25) is 0 Å². The molecule has 0 bridgehead atoms. The lowest BCUT2D eigenvalue weighted by Crippen LogP contribution is -1.98. The molecule has 2 aromatic rings. The Kier molecular flexibility index (Phi) is 3.26. The number of aliphatic hydroxyl groups is 1. The van der Waals surface area contributed by atoms with Crippen LogP contribution < -0.4 is 0 Å². The van der Waals surface area contributed by atoms with Crippen molar-refractivity contribution in [2.45, 2.75) is 13.0 Å². The summed E-state index contributed by atoms with van der Waals surface area (Å²) in [6.45, 7) is 2.05. The lowest BCUT2D eigenvalue weighted by atomic mass is 10.1. The highest BCUT2D eigenvalue weighted by Crippen LogP contribution is 2.33. The summed E-state index contributed by atoms with van der Waals surface area (Å²) < 4.78 is 1.14. The van der Waals surface area contributed by atoms with Gasteiger partial charge in [0.15, 0.2) is 0 Å². The quantitative estimate of drug-likeness (QED) is 0.827. The fourth-order valence-corrected chi connectivity index (χ4v) is 3.94. The molecule has 2 aromatic heterocycles. The Morgan fingerprint density at radius 2 is 2.00 bits per heavy atom. The zero-order valence-electron chi connectivity index (χ0n) is 7.53. The number of aryl methyl sites for hydroxylation is 1. The number of thiophene rings is 2. The number of hydrogen-bond acceptors (Lipinski definition) is 3. The van der Waals surface area contributed by atoms with Crippen LogP contribution in [-0.2, 0) is 0 Å². The molecule has 74 valence electrons. The first-order chi connectivity index (χ1) is 6.70. The topological polar surface area (TPSA) is 20.2 Å². The van der Waals surface area contributed by atoms with Crippen LogP contribution in [0.2, 0.25) is 0 Å². The van der Waals surface area contributed by atoms with Gasteiger partial charge in [-0.2, -0.15) is 0 Å². The largest absolute Gasteiger partial charge is 0.383 e. The first kappa shape index (κ1) is 10.6. The summed E-state index contributed by atoms with van der Waals surface area (Å²) in [5, 5.41) is 14.2. The number of aliphatic hydroxyl groups excluding tert-OH is 1. The van der Waals surface area contributed by atoms with Crippen LogP contribution in [0, 0.1) is 10.5 Å². The molecular weight excluding hydrogens is 327 g/mol. The minimum absolute atomic E-state index is 0.451. The summed E-state index contributed by atoms with van der Waals surface area (Å²) in [6.07, 6.45) is -0.451. The van der Waals surface area contributed by atoms with Gasteiger partial charge in [-0.3, -0.25) is 0 Å². The molecule has 0 saturated carbocycles. The molecule has 0 spiro atoms. The van der Waals surface area contributed by atoms with Gasteiger partial charge >= 0.3 is 0 Å². The van der Waals surface area contributed by atoms with Gasteiger partial charge < -0.3 is 5.11 Å². The van der Waals surface area contributed by atoms with Crippen LogP contribution in [0.15, 0.2) is 22.9 Å². The third-order valence-electron chi connectivity index (χ3n) is 2.09. The Morgan fingerprint density at radius 1 is 1.29 bits per heavy atom. The van der Waals surface area contributed by atoms with Crippen LogP contribution >= 0.6 is 45.3 Å². The molecule has 0 fully saturated rings. The maximum atomic E-state index is 10.1. The number of halogens is 1. The van der Waals surface area contributed by atoms with Crippen molar-refractivity contribution in [2.75, 3.05) is 0 Å². The van der Waals surface area contributed by atoms with Gasteiger partial charge in [0.05, 0.1) is 4.88 Å². The van der Waals surface area contributed by atoms with Crippen molar-refractivity contribution < 1.29 is 5.11 Å². The van der Waals surface area contributed by atoms with Gasteiger partial charge in [0, 0.05) is 8.45 Å². The van der Waals surface area contributed by atoms with Crippen molar-refractivity contribution in [2.24, 2.45) is 0 Å². The van der Waals surface area contributed by atoms with E-state index in [1.807, 2.05) is 29.8 Å². The van der Waals surface area contributed by atoms with Crippen LogP contribution in [0.1, 0.15) is 21.4 Å². The summed E-state index contributed by atoms with van der Waals surface area (Å²) in [6, 6.07) is 4.03. The molecule has 1 nitrogen and oxygen atoms in total. The first-order valence-corrected chi connectivity index (χ1v) is 6.99. The molecule has 4 heteroatoms. The van der Waals surface area contributed by atoms with E-state index in [0.29, 0.717) is 0 Å². The van der Waals surface area contributed by atoms with Crippen molar-refractivity contribution >= 4 is 45.3 Å². The van der Waals surface area contributed by atoms with Crippen LogP contribution in [-0.4, -0.2) is 5.11 Å². The number of rotatable bonds is 2. The Hall–Kier alpha value is 0.0900. The molecule has 14 heavy (non-hydrogen) atoms. The van der Waals surface area contributed by atoms with E-state index in [1.165, 1.54) is 4.88 Å². The molecule has 1 N–H and O–H groups in total. The van der Waals surface area contributed by atoms with Gasteiger partial charge in [-0.15, -0.1) is 22.7 Å². The summed E-state index contributed by atoms with van der Waals surface area (Å²) in [4.78, 5) is 2.24. The Labute approximate surface area is 105 Å². The summed E-state index contributed by atoms with van der Waals surface area (Å²) in [5.74, 6) is 0. The summed E-state index contributed by atoms with van der Waals surface area (Å²) in [5.41, 5.74) is 1.04. The van der Waals surface area contributed by atoms with Gasteiger partial charge in [-0.25, -0.2) is 0 Å². The van der Waals surface area contributed by atoms with Gasteiger partial charge in [0.25, 0.3) is 0 Å². The van der Waals surface area contributed by atoms with E-state index in [0.717, 1.165) is 14.0 Å². The molecule has 2 rings (SSSR count). The predicted molar refractivity (Wildman–Crippen MR) is 70.2 cm³/mol. The highest BCUT2D eigenvalue weighted by molar-refractivity contribution is 14.1. The van der Waals surface area contributed by atoms with Gasteiger partial charge in [-0.05, 0) is 58.0 Å². The highest BCUT2D eigenvalue weighted by Gasteiger charge is 2.17. The monoisotopic (exact) mass is 336 g/mol. The second-order valence-electron chi connectivity index (χ2n) is 2.97. The lowest BCUT2D eigenvalue weighted by molar-refractivity contribution is 0.223. The summed E-state index contributed by atoms with van der Waals surface area (Å²) >= 11 is 5.55. The molecule has 0 aliphatic rings. The normalized spacial score (nSPS) is 13.1. The smallest absolute Gasteiger partial charge is 0.115 e. The van der Waals surface area contributed by atoms with Crippen LogP contribution in [0.25, 0.3) is 0 Å². The molecule has 0 radical (unpaired) electrons. The molecular formula is C10H9IOS2. The minimum atomic E-state index is -0.451. The average molecular weight is 336 g/mol. The summed E-state index contributed by atoms with van der Waals surface area (Å²) in [7, 11) is 0. The Morgan fingerprint density at radius 3 is 2.50 bits per heavy atom. The van der Waals surface area contributed by atoms with Gasteiger partial charge in [0.1, 0.15) is 6.10 Å². The van der Waals surface area contributed by atoms with E-state index >= 15 is 0 Å². The molecule has 0 aliphatic heterocycles. The molecule has 2 heterocycles. The maximum absolute atomic E-state index is 10.1. The zero-order chi connectivity index (χ0) is 10.1. The van der Waals surface area contributed by atoms with Gasteiger partial charge in [-0.1, -0.05) is 0 Å². The molecule has 0 aliphatic carbocycles. The second-order valence-corrected chi connectivity index (χ2v) is 6.20. The van der Waals surface area contributed by atoms with E-state index < -0.39 is 6.10 Å². The van der Waals surface area contributed by atoms with E-state index in [9.17, 15) is 5.11 Å². The maximum Gasteiger partial charge on any atom is 0.115 e. The van der Waals surface area contributed by atoms with Crippen molar-refractivity contribution in [1.29, 1.82) is 0 Å². The van der Waals surface area contributed by atoms with Crippen LogP contribution in [0.4, 0.5) is 0 Å². The molecule has 0 aromatic carbocycles. The fourth-order valence-electron chi connectivity index (χ4n) is 1.32. The Balaban J connectivity index is 2.38. The molecule has 1 atom stereocenters. The Bertz CT molecular complexity index is 393. The van der Waals surface area contributed by atoms with Crippen molar-refractivity contribution in [1.82, 2.24) is 0 Å². The van der Waals surface area contributed by atoms with Crippen molar-refractivity contribution in [3.8, 4) is 0 Å². The van der Waals surface area contributed by atoms with Crippen molar-refractivity contribution in [3.63, 3.8) is 0 Å². The zero-order valence-corrected chi connectivity index (χ0v) is 11.3. The molecule has 0 amide bonds. The number of hydrogen-bond donors (Lipinski definition) is 1. The van der Waals surface area contributed by atoms with E-state index in [1.54, 1.807) is 22.7 Å². The molecule has 1 unspecified atom stereocenters. The van der Waals surface area contributed by atoms with Crippen LogP contribution in [0.3, 0.4) is 0 Å². The lowest BCUT2D eigenvalue weighted by Gasteiger charge is -2.08. The standard InChI is InChI=1S/C10H9IOS2/c1-6-7(2-4-13-6)9(12)10-8(11)3-5-14-10/h2-5,9,12H,1H3. The minimum Gasteiger partial charge on any atom is -0.383 e. The molecule has 0 saturated heterocycles. The van der Waals surface area contributed by atoms with E-state index in [-0.39, 0.29) is 0 Å². The first-order valence-electron chi connectivity index (χ1n) is 4.15. The second kappa shape index (κ2) is 4.30. The predicted octanol–water partition coefficient (Wildman–Crippen LogP) is 3.80. The van der Waals surface area contributed by atoms with Crippen LogP contribution in [0.5, 0.6) is 0 Å². The van der Waals surface area contributed by atoms with E-state index in [2.05, 4.69) is 22.6 Å². The SMILES string of the molecule is Cc1sccc1C(O)c1sccc1I. The highest BCUT2D eigenvalue weighted by atomic mass is 127. The van der Waals surface area contributed by atoms with E-state index in [4.69, 9.17) is 0 Å². The fraction of sp³-hybridized carbons (Fsp3) is 0.200. The third kappa shape index (κ3) is 1.88. The average Bonchev–Trinajstić information content (AvgIpc) is 2.73.